The number of anilines is 1. The van der Waals surface area contributed by atoms with Crippen molar-refractivity contribution in [3.63, 3.8) is 0 Å². The van der Waals surface area contributed by atoms with Gasteiger partial charge in [-0.05, 0) is 30.8 Å². The fraction of sp³-hybridized carbons (Fsp3) is 0.273. The number of benzene rings is 2. The molecule has 5 nitrogen and oxygen atoms in total. The van der Waals surface area contributed by atoms with Gasteiger partial charge >= 0.3 is 0 Å². The highest BCUT2D eigenvalue weighted by molar-refractivity contribution is 6.41. The Morgan fingerprint density at radius 2 is 1.64 bits per heavy atom. The van der Waals surface area contributed by atoms with E-state index < -0.39 is 0 Å². The maximum absolute atomic E-state index is 13.4. The number of fused-ring (bicyclic) bond motifs is 1. The van der Waals surface area contributed by atoms with Crippen LogP contribution in [-0.4, -0.2) is 54.3 Å². The van der Waals surface area contributed by atoms with E-state index in [0.717, 1.165) is 32.7 Å². The van der Waals surface area contributed by atoms with E-state index in [-0.39, 0.29) is 11.8 Å². The number of imide groups is 1. The summed E-state index contributed by atoms with van der Waals surface area (Å²) in [7, 11) is 0. The Morgan fingerprint density at radius 1 is 0.929 bits per heavy atom. The third kappa shape index (κ3) is 3.43. The summed E-state index contributed by atoms with van der Waals surface area (Å²) in [5.74, 6) is -0.639. The second kappa shape index (κ2) is 7.78. The lowest BCUT2D eigenvalue weighted by molar-refractivity contribution is -0.112. The van der Waals surface area contributed by atoms with E-state index in [1.807, 2.05) is 24.4 Å². The summed E-state index contributed by atoms with van der Waals surface area (Å²) in [5.41, 5.74) is 2.24. The van der Waals surface area contributed by atoms with Crippen molar-refractivity contribution in [2.24, 2.45) is 0 Å². The van der Waals surface area contributed by atoms with Crippen molar-refractivity contribution in [3.8, 4) is 0 Å². The van der Waals surface area contributed by atoms with Gasteiger partial charge in [-0.1, -0.05) is 42.8 Å². The van der Waals surface area contributed by atoms with Crippen molar-refractivity contribution >= 4 is 34.7 Å². The van der Waals surface area contributed by atoms with Crippen LogP contribution in [0.2, 0.25) is 5.02 Å². The maximum atomic E-state index is 13.4. The number of amides is 2. The molecule has 2 aliphatic rings. The summed E-state index contributed by atoms with van der Waals surface area (Å²) in [6.45, 7) is 6.84. The standard InChI is InChI=1S/C22H22ClN3O2/c1-2-24-10-12-25(13-11-24)15-20-18-8-3-4-9-19(18)21(27)26(22(20)28)17-7-5-6-16(23)14-17/h3-9,14-15H,2,10-13H2,1H3. The van der Waals surface area contributed by atoms with Crippen LogP contribution in [-0.2, 0) is 4.79 Å². The molecule has 0 aliphatic carbocycles. The quantitative estimate of drug-likeness (QED) is 0.589. The Hall–Kier alpha value is -2.63. The summed E-state index contributed by atoms with van der Waals surface area (Å²) in [6, 6.07) is 14.1. The third-order valence-electron chi connectivity index (χ3n) is 5.32. The summed E-state index contributed by atoms with van der Waals surface area (Å²) >= 11 is 6.10. The van der Waals surface area contributed by atoms with E-state index in [1.165, 1.54) is 4.90 Å². The molecule has 28 heavy (non-hydrogen) atoms. The normalized spacial score (nSPS) is 19.3. The molecule has 2 amide bonds. The van der Waals surface area contributed by atoms with Crippen LogP contribution in [0, 0.1) is 0 Å². The van der Waals surface area contributed by atoms with Gasteiger partial charge in [-0.3, -0.25) is 9.59 Å². The van der Waals surface area contributed by atoms with E-state index in [0.29, 0.717) is 27.4 Å². The molecule has 0 aromatic heterocycles. The molecule has 0 N–H and O–H groups in total. The summed E-state index contributed by atoms with van der Waals surface area (Å²) in [5, 5.41) is 0.484. The fourth-order valence-electron chi connectivity index (χ4n) is 3.72. The molecule has 2 heterocycles. The zero-order valence-electron chi connectivity index (χ0n) is 15.8. The predicted octanol–water partition coefficient (Wildman–Crippen LogP) is 3.51. The highest BCUT2D eigenvalue weighted by Gasteiger charge is 2.36. The van der Waals surface area contributed by atoms with Crippen molar-refractivity contribution < 1.29 is 9.59 Å². The maximum Gasteiger partial charge on any atom is 0.267 e. The van der Waals surface area contributed by atoms with Gasteiger partial charge in [-0.25, -0.2) is 4.90 Å². The zero-order chi connectivity index (χ0) is 19.7. The van der Waals surface area contributed by atoms with Crippen LogP contribution in [0.5, 0.6) is 0 Å². The monoisotopic (exact) mass is 395 g/mol. The lowest BCUT2D eigenvalue weighted by Gasteiger charge is -2.35. The van der Waals surface area contributed by atoms with Crippen LogP contribution in [0.25, 0.3) is 5.57 Å². The first-order chi connectivity index (χ1) is 13.6. The molecule has 1 fully saturated rings. The van der Waals surface area contributed by atoms with Crippen LogP contribution in [0.4, 0.5) is 5.69 Å². The average molecular weight is 396 g/mol. The number of nitrogens with zero attached hydrogens (tertiary/aromatic N) is 3. The van der Waals surface area contributed by atoms with Gasteiger partial charge < -0.3 is 9.80 Å². The van der Waals surface area contributed by atoms with Crippen LogP contribution >= 0.6 is 11.6 Å². The van der Waals surface area contributed by atoms with Gasteiger partial charge in [0.15, 0.2) is 0 Å². The number of halogens is 1. The second-order valence-electron chi connectivity index (χ2n) is 6.98. The van der Waals surface area contributed by atoms with Crippen molar-refractivity contribution in [1.29, 1.82) is 0 Å². The molecular weight excluding hydrogens is 374 g/mol. The molecule has 144 valence electrons. The molecule has 0 bridgehead atoms. The fourth-order valence-corrected chi connectivity index (χ4v) is 3.90. The molecule has 1 saturated heterocycles. The van der Waals surface area contributed by atoms with Crippen LogP contribution in [0.3, 0.4) is 0 Å². The average Bonchev–Trinajstić information content (AvgIpc) is 2.72. The first-order valence-electron chi connectivity index (χ1n) is 9.50. The Bertz CT molecular complexity index is 948. The van der Waals surface area contributed by atoms with Gasteiger partial charge in [-0.2, -0.15) is 0 Å². The molecule has 2 aromatic rings. The summed E-state index contributed by atoms with van der Waals surface area (Å²) in [6.07, 6.45) is 1.91. The van der Waals surface area contributed by atoms with Crippen molar-refractivity contribution in [3.05, 3.63) is 70.9 Å². The molecule has 4 rings (SSSR count). The van der Waals surface area contributed by atoms with Gasteiger partial charge in [0, 0.05) is 48.5 Å². The molecule has 0 spiro atoms. The summed E-state index contributed by atoms with van der Waals surface area (Å²) < 4.78 is 0. The minimum Gasteiger partial charge on any atom is -0.374 e. The second-order valence-corrected chi connectivity index (χ2v) is 7.42. The molecule has 0 radical (unpaired) electrons. The van der Waals surface area contributed by atoms with Crippen molar-refractivity contribution in [2.45, 2.75) is 6.92 Å². The minimum absolute atomic E-state index is 0.316. The van der Waals surface area contributed by atoms with Gasteiger partial charge in [-0.15, -0.1) is 0 Å². The molecule has 0 saturated carbocycles. The SMILES string of the molecule is CCN1CCN(C=C2C(=O)N(c3cccc(Cl)c3)C(=O)c3ccccc32)CC1. The largest absolute Gasteiger partial charge is 0.374 e. The number of likely N-dealkylation sites (N-methyl/N-ethyl adjacent to an activating group) is 1. The third-order valence-corrected chi connectivity index (χ3v) is 5.55. The smallest absolute Gasteiger partial charge is 0.267 e. The van der Waals surface area contributed by atoms with E-state index >= 15 is 0 Å². The highest BCUT2D eigenvalue weighted by atomic mass is 35.5. The molecule has 2 aromatic carbocycles. The van der Waals surface area contributed by atoms with Crippen molar-refractivity contribution in [2.75, 3.05) is 37.6 Å². The summed E-state index contributed by atoms with van der Waals surface area (Å²) in [4.78, 5) is 32.2. The molecular formula is C22H22ClN3O2. The predicted molar refractivity (Wildman–Crippen MR) is 111 cm³/mol. The Morgan fingerprint density at radius 3 is 2.32 bits per heavy atom. The minimum atomic E-state index is -0.323. The number of hydrogen-bond donors (Lipinski definition) is 0. The number of carbonyl (C=O) groups is 2. The topological polar surface area (TPSA) is 43.9 Å². The molecule has 0 atom stereocenters. The number of hydrogen-bond acceptors (Lipinski definition) is 4. The van der Waals surface area contributed by atoms with Crippen molar-refractivity contribution in [1.82, 2.24) is 9.80 Å². The van der Waals surface area contributed by atoms with Gasteiger partial charge in [0.05, 0.1) is 11.3 Å². The number of piperazine rings is 1. The van der Waals surface area contributed by atoms with Gasteiger partial charge in [0.1, 0.15) is 0 Å². The first-order valence-corrected chi connectivity index (χ1v) is 9.88. The Labute approximate surface area is 169 Å². The number of carbonyl (C=O) groups excluding carboxylic acids is 2. The molecule has 2 aliphatic heterocycles. The van der Waals surface area contributed by atoms with Crippen LogP contribution in [0.15, 0.2) is 54.7 Å². The number of rotatable bonds is 3. The van der Waals surface area contributed by atoms with Gasteiger partial charge in [0.25, 0.3) is 11.8 Å². The van der Waals surface area contributed by atoms with E-state index in [4.69, 9.17) is 11.6 Å². The lowest BCUT2D eigenvalue weighted by atomic mass is 9.93. The molecule has 6 heteroatoms. The van der Waals surface area contributed by atoms with E-state index in [2.05, 4.69) is 16.7 Å². The van der Waals surface area contributed by atoms with Crippen LogP contribution < -0.4 is 4.90 Å². The lowest BCUT2D eigenvalue weighted by Crippen LogP contribution is -2.45. The Kier molecular flexibility index (Phi) is 5.20. The van der Waals surface area contributed by atoms with Crippen LogP contribution in [0.1, 0.15) is 22.8 Å². The molecule has 0 unspecified atom stereocenters. The van der Waals surface area contributed by atoms with E-state index in [1.54, 1.807) is 30.3 Å². The Balaban J connectivity index is 1.75. The highest BCUT2D eigenvalue weighted by Crippen LogP contribution is 2.33. The van der Waals surface area contributed by atoms with E-state index in [9.17, 15) is 9.59 Å². The zero-order valence-corrected chi connectivity index (χ0v) is 16.5. The van der Waals surface area contributed by atoms with Gasteiger partial charge in [0.2, 0.25) is 0 Å². The first kappa shape index (κ1) is 18.7.